The predicted octanol–water partition coefficient (Wildman–Crippen LogP) is 2.15. The highest BCUT2D eigenvalue weighted by atomic mass is 16.5. The summed E-state index contributed by atoms with van der Waals surface area (Å²) in [6.07, 6.45) is 4.70. The molecule has 0 amide bonds. The molecule has 2 aliphatic rings. The molecule has 1 aromatic heterocycles. The molecule has 6 nitrogen and oxygen atoms in total. The monoisotopic (exact) mass is 371 g/mol. The number of nitrogens with one attached hydrogen (secondary N) is 1. The Kier molecular flexibility index (Phi) is 5.36. The van der Waals surface area contributed by atoms with Gasteiger partial charge in [0.2, 0.25) is 0 Å². The maximum Gasteiger partial charge on any atom is 0.255 e. The molecule has 1 aromatic carbocycles. The van der Waals surface area contributed by atoms with Crippen molar-refractivity contribution in [1.29, 1.82) is 0 Å². The summed E-state index contributed by atoms with van der Waals surface area (Å²) in [6.45, 7) is 5.43. The summed E-state index contributed by atoms with van der Waals surface area (Å²) in [4.78, 5) is 15.8. The average molecular weight is 371 g/mol. The van der Waals surface area contributed by atoms with Crippen LogP contribution in [0.15, 0.2) is 16.9 Å². The van der Waals surface area contributed by atoms with Gasteiger partial charge in [-0.2, -0.15) is 0 Å². The number of ether oxygens (including phenoxy) is 2. The summed E-state index contributed by atoms with van der Waals surface area (Å²) in [5.74, 6) is 1.39. The Labute approximate surface area is 160 Å². The summed E-state index contributed by atoms with van der Waals surface area (Å²) in [5.41, 5.74) is 3.15. The number of likely N-dealkylation sites (tertiary alicyclic amines) is 1. The molecule has 0 radical (unpaired) electrons. The molecule has 2 aliphatic heterocycles. The molecule has 4 rings (SSSR count). The molecule has 6 heteroatoms. The number of benzene rings is 1. The Morgan fingerprint density at radius 1 is 1.00 bits per heavy atom. The zero-order valence-electron chi connectivity index (χ0n) is 16.3. The Bertz CT molecular complexity index is 885. The maximum atomic E-state index is 13.3. The van der Waals surface area contributed by atoms with Crippen LogP contribution in [0.4, 0.5) is 0 Å². The van der Waals surface area contributed by atoms with Crippen molar-refractivity contribution < 1.29 is 9.47 Å². The number of pyridine rings is 1. The minimum atomic E-state index is 0.133. The summed E-state index contributed by atoms with van der Waals surface area (Å²) < 4.78 is 13.0. The van der Waals surface area contributed by atoms with Crippen LogP contribution in [-0.4, -0.2) is 49.9 Å². The lowest BCUT2D eigenvalue weighted by molar-refractivity contribution is 0.221. The van der Waals surface area contributed by atoms with Gasteiger partial charge in [0.25, 0.3) is 5.56 Å². The number of rotatable bonds is 5. The molecular formula is C21H29N3O3. The molecule has 3 heterocycles. The number of aromatic nitrogens is 1. The van der Waals surface area contributed by atoms with Crippen molar-refractivity contribution in [2.45, 2.75) is 38.8 Å². The highest BCUT2D eigenvalue weighted by molar-refractivity contribution is 5.87. The first-order valence-corrected chi connectivity index (χ1v) is 9.96. The smallest absolute Gasteiger partial charge is 0.255 e. The summed E-state index contributed by atoms with van der Waals surface area (Å²) in [5, 5.41) is 4.46. The minimum absolute atomic E-state index is 0.133. The SMILES string of the molecule is COc1cc2c3c(c(=O)n(CCN4CCCCC4)c2cc1OC)CNCC3. The number of methoxy groups -OCH3 is 2. The molecule has 0 bridgehead atoms. The van der Waals surface area contributed by atoms with Crippen LogP contribution in [0.5, 0.6) is 11.5 Å². The van der Waals surface area contributed by atoms with Gasteiger partial charge in [0.15, 0.2) is 11.5 Å². The van der Waals surface area contributed by atoms with Crippen molar-refractivity contribution in [2.24, 2.45) is 0 Å². The Morgan fingerprint density at radius 2 is 1.74 bits per heavy atom. The van der Waals surface area contributed by atoms with Gasteiger partial charge >= 0.3 is 0 Å². The number of hydrogen-bond acceptors (Lipinski definition) is 5. The Hall–Kier alpha value is -2.05. The molecule has 2 aromatic rings. The van der Waals surface area contributed by atoms with E-state index in [0.717, 1.165) is 54.6 Å². The van der Waals surface area contributed by atoms with Crippen LogP contribution in [0.25, 0.3) is 10.9 Å². The highest BCUT2D eigenvalue weighted by Gasteiger charge is 2.22. The zero-order chi connectivity index (χ0) is 18.8. The summed E-state index contributed by atoms with van der Waals surface area (Å²) >= 11 is 0. The number of nitrogens with zero attached hydrogens (tertiary/aromatic N) is 2. The molecule has 1 fully saturated rings. The maximum absolute atomic E-state index is 13.3. The van der Waals surface area contributed by atoms with Gasteiger partial charge < -0.3 is 24.3 Å². The molecule has 0 atom stereocenters. The van der Waals surface area contributed by atoms with Gasteiger partial charge in [0, 0.05) is 36.7 Å². The first-order valence-electron chi connectivity index (χ1n) is 9.96. The molecule has 0 unspecified atom stereocenters. The Morgan fingerprint density at radius 3 is 2.48 bits per heavy atom. The summed E-state index contributed by atoms with van der Waals surface area (Å²) in [6, 6.07) is 4.00. The molecule has 0 aliphatic carbocycles. The second-order valence-electron chi connectivity index (χ2n) is 7.47. The Balaban J connectivity index is 1.82. The van der Waals surface area contributed by atoms with Crippen LogP contribution in [-0.2, 0) is 19.5 Å². The summed E-state index contributed by atoms with van der Waals surface area (Å²) in [7, 11) is 3.30. The van der Waals surface area contributed by atoms with Gasteiger partial charge in [-0.3, -0.25) is 4.79 Å². The van der Waals surface area contributed by atoms with E-state index in [1.54, 1.807) is 14.2 Å². The average Bonchev–Trinajstić information content (AvgIpc) is 2.73. The van der Waals surface area contributed by atoms with Gasteiger partial charge in [-0.1, -0.05) is 6.42 Å². The van der Waals surface area contributed by atoms with Crippen molar-refractivity contribution >= 4 is 10.9 Å². The van der Waals surface area contributed by atoms with E-state index in [1.165, 1.54) is 19.3 Å². The van der Waals surface area contributed by atoms with Crippen molar-refractivity contribution in [1.82, 2.24) is 14.8 Å². The third kappa shape index (κ3) is 3.44. The lowest BCUT2D eigenvalue weighted by atomic mass is 9.96. The minimum Gasteiger partial charge on any atom is -0.493 e. The van der Waals surface area contributed by atoms with E-state index in [1.807, 2.05) is 16.7 Å². The first kappa shape index (κ1) is 18.3. The normalized spacial score (nSPS) is 17.7. The molecule has 146 valence electrons. The molecule has 27 heavy (non-hydrogen) atoms. The van der Waals surface area contributed by atoms with E-state index in [-0.39, 0.29) is 5.56 Å². The molecule has 0 saturated carbocycles. The largest absolute Gasteiger partial charge is 0.493 e. The van der Waals surface area contributed by atoms with Gasteiger partial charge in [0.05, 0.1) is 19.7 Å². The van der Waals surface area contributed by atoms with Gasteiger partial charge in [-0.25, -0.2) is 0 Å². The van der Waals surface area contributed by atoms with Crippen molar-refractivity contribution in [2.75, 3.05) is 40.4 Å². The van der Waals surface area contributed by atoms with E-state index in [0.29, 0.717) is 24.6 Å². The van der Waals surface area contributed by atoms with Crippen LogP contribution < -0.4 is 20.3 Å². The number of fused-ring (bicyclic) bond motifs is 3. The lowest BCUT2D eigenvalue weighted by Gasteiger charge is -2.28. The van der Waals surface area contributed by atoms with Crippen LogP contribution in [0.3, 0.4) is 0 Å². The topological polar surface area (TPSA) is 55.7 Å². The fourth-order valence-corrected chi connectivity index (χ4v) is 4.44. The van der Waals surface area contributed by atoms with Crippen molar-refractivity contribution in [3.05, 3.63) is 33.6 Å². The van der Waals surface area contributed by atoms with E-state index in [9.17, 15) is 4.79 Å². The number of hydrogen-bond donors (Lipinski definition) is 1. The van der Waals surface area contributed by atoms with Crippen LogP contribution in [0.1, 0.15) is 30.4 Å². The molecule has 1 N–H and O–H groups in total. The van der Waals surface area contributed by atoms with Crippen LogP contribution in [0.2, 0.25) is 0 Å². The van der Waals surface area contributed by atoms with Gasteiger partial charge in [0.1, 0.15) is 0 Å². The van der Waals surface area contributed by atoms with Gasteiger partial charge in [-0.05, 0) is 50.5 Å². The van der Waals surface area contributed by atoms with E-state index < -0.39 is 0 Å². The van der Waals surface area contributed by atoms with Crippen molar-refractivity contribution in [3.8, 4) is 11.5 Å². The molecule has 0 spiro atoms. The third-order valence-corrected chi connectivity index (χ3v) is 5.93. The highest BCUT2D eigenvalue weighted by Crippen LogP contribution is 2.34. The fourth-order valence-electron chi connectivity index (χ4n) is 4.44. The van der Waals surface area contributed by atoms with Crippen molar-refractivity contribution in [3.63, 3.8) is 0 Å². The first-order chi connectivity index (χ1) is 13.2. The van der Waals surface area contributed by atoms with E-state index in [2.05, 4.69) is 10.2 Å². The third-order valence-electron chi connectivity index (χ3n) is 5.93. The van der Waals surface area contributed by atoms with Crippen LogP contribution >= 0.6 is 0 Å². The van der Waals surface area contributed by atoms with Crippen LogP contribution in [0, 0.1) is 0 Å². The van der Waals surface area contributed by atoms with E-state index in [4.69, 9.17) is 9.47 Å². The molecular weight excluding hydrogens is 342 g/mol. The predicted molar refractivity (Wildman–Crippen MR) is 107 cm³/mol. The zero-order valence-corrected chi connectivity index (χ0v) is 16.3. The number of piperidine rings is 1. The van der Waals surface area contributed by atoms with Gasteiger partial charge in [-0.15, -0.1) is 0 Å². The second kappa shape index (κ2) is 7.90. The standard InChI is InChI=1S/C21H29N3O3/c1-26-19-12-16-15-6-7-22-14-17(15)21(25)24(18(16)13-20(19)27-2)11-10-23-8-4-3-5-9-23/h12-13,22H,3-11,14H2,1-2H3. The lowest BCUT2D eigenvalue weighted by Crippen LogP contribution is -2.38. The quantitative estimate of drug-likeness (QED) is 0.873. The van der Waals surface area contributed by atoms with E-state index >= 15 is 0 Å². The fraction of sp³-hybridized carbons (Fsp3) is 0.571. The molecule has 1 saturated heterocycles. The second-order valence-corrected chi connectivity index (χ2v) is 7.47.